The first-order chi connectivity index (χ1) is 8.11. The quantitative estimate of drug-likeness (QED) is 0.907. The normalized spacial score (nSPS) is 11.3. The van der Waals surface area contributed by atoms with Crippen molar-refractivity contribution in [2.24, 2.45) is 5.92 Å². The van der Waals surface area contributed by atoms with Gasteiger partial charge in [-0.2, -0.15) is 0 Å². The Morgan fingerprint density at radius 2 is 2.24 bits per heavy atom. The van der Waals surface area contributed by atoms with Crippen LogP contribution in [0.5, 0.6) is 0 Å². The van der Waals surface area contributed by atoms with Gasteiger partial charge in [-0.1, -0.05) is 20.8 Å². The zero-order chi connectivity index (χ0) is 12.4. The summed E-state index contributed by atoms with van der Waals surface area (Å²) in [5, 5.41) is 9.01. The fourth-order valence-electron chi connectivity index (χ4n) is 1.80. The van der Waals surface area contributed by atoms with Gasteiger partial charge in [0.2, 0.25) is 0 Å². The third-order valence-corrected chi connectivity index (χ3v) is 3.69. The van der Waals surface area contributed by atoms with Crippen LogP contribution in [0.4, 0.5) is 5.00 Å². The average Bonchev–Trinajstić information content (AvgIpc) is 2.83. The van der Waals surface area contributed by atoms with Gasteiger partial charge in [-0.3, -0.25) is 0 Å². The first-order valence-electron chi connectivity index (χ1n) is 5.88. The molecule has 0 atom stereocenters. The van der Waals surface area contributed by atoms with Crippen LogP contribution in [0.25, 0.3) is 11.4 Å². The Bertz CT molecular complexity index is 498. The van der Waals surface area contributed by atoms with Gasteiger partial charge in [0.25, 0.3) is 0 Å². The van der Waals surface area contributed by atoms with Crippen LogP contribution in [0.2, 0.25) is 0 Å². The Labute approximate surface area is 105 Å². The molecule has 2 heterocycles. The Morgan fingerprint density at radius 1 is 1.47 bits per heavy atom. The van der Waals surface area contributed by atoms with E-state index in [0.717, 1.165) is 29.4 Å². The summed E-state index contributed by atoms with van der Waals surface area (Å²) in [4.78, 5) is 1.29. The van der Waals surface area contributed by atoms with E-state index in [2.05, 4.69) is 41.6 Å². The summed E-state index contributed by atoms with van der Waals surface area (Å²) in [7, 11) is 0. The lowest BCUT2D eigenvalue weighted by molar-refractivity contribution is 0.525. The summed E-state index contributed by atoms with van der Waals surface area (Å²) in [6, 6.07) is 2.13. The van der Waals surface area contributed by atoms with Crippen LogP contribution in [0.1, 0.15) is 25.6 Å². The van der Waals surface area contributed by atoms with Gasteiger partial charge in [0.05, 0.1) is 10.6 Å². The van der Waals surface area contributed by atoms with Gasteiger partial charge in [0.15, 0.2) is 5.82 Å². The Balaban J connectivity index is 2.38. The SMILES string of the molecule is CCc1cc(-c2nncn2CC(C)C)c(N)s1. The van der Waals surface area contributed by atoms with Crippen LogP contribution in [-0.2, 0) is 13.0 Å². The van der Waals surface area contributed by atoms with Gasteiger partial charge in [-0.25, -0.2) is 0 Å². The molecule has 0 aliphatic carbocycles. The number of aromatic nitrogens is 3. The van der Waals surface area contributed by atoms with Crippen molar-refractivity contribution in [1.82, 2.24) is 14.8 Å². The zero-order valence-electron chi connectivity index (χ0n) is 10.5. The van der Waals surface area contributed by atoms with Crippen molar-refractivity contribution in [2.45, 2.75) is 33.7 Å². The molecule has 0 saturated carbocycles. The molecule has 2 rings (SSSR count). The van der Waals surface area contributed by atoms with E-state index < -0.39 is 0 Å². The smallest absolute Gasteiger partial charge is 0.166 e. The third-order valence-electron chi connectivity index (χ3n) is 2.58. The van der Waals surface area contributed by atoms with Crippen LogP contribution >= 0.6 is 11.3 Å². The number of nitrogens with two attached hydrogens (primary N) is 1. The number of hydrogen-bond donors (Lipinski definition) is 1. The van der Waals surface area contributed by atoms with Crippen LogP contribution in [0, 0.1) is 5.92 Å². The van der Waals surface area contributed by atoms with E-state index in [4.69, 9.17) is 5.73 Å². The summed E-state index contributed by atoms with van der Waals surface area (Å²) in [5.74, 6) is 1.45. The highest BCUT2D eigenvalue weighted by molar-refractivity contribution is 7.16. The molecule has 0 spiro atoms. The molecular formula is C12H18N4S. The van der Waals surface area contributed by atoms with Crippen LogP contribution < -0.4 is 5.73 Å². The van der Waals surface area contributed by atoms with Gasteiger partial charge < -0.3 is 10.3 Å². The summed E-state index contributed by atoms with van der Waals surface area (Å²) >= 11 is 1.64. The first-order valence-corrected chi connectivity index (χ1v) is 6.69. The van der Waals surface area contributed by atoms with Gasteiger partial charge in [-0.15, -0.1) is 21.5 Å². The Hall–Kier alpha value is -1.36. The third kappa shape index (κ3) is 2.49. The van der Waals surface area contributed by atoms with Crippen molar-refractivity contribution in [3.8, 4) is 11.4 Å². The minimum absolute atomic E-state index is 0.565. The van der Waals surface area contributed by atoms with Gasteiger partial charge in [-0.05, 0) is 18.4 Å². The number of nitrogens with zero attached hydrogens (tertiary/aromatic N) is 3. The maximum absolute atomic E-state index is 6.05. The number of rotatable bonds is 4. The predicted octanol–water partition coefficient (Wildman–Crippen LogP) is 2.81. The molecule has 4 nitrogen and oxygen atoms in total. The average molecular weight is 250 g/mol. The lowest BCUT2D eigenvalue weighted by atomic mass is 10.2. The van der Waals surface area contributed by atoms with Gasteiger partial charge in [0.1, 0.15) is 6.33 Å². The van der Waals surface area contributed by atoms with E-state index in [1.54, 1.807) is 17.7 Å². The molecule has 92 valence electrons. The molecule has 0 unspecified atom stereocenters. The first kappa shape index (κ1) is 12.1. The molecule has 0 bridgehead atoms. The van der Waals surface area contributed by atoms with Crippen molar-refractivity contribution in [1.29, 1.82) is 0 Å². The Morgan fingerprint density at radius 3 is 2.82 bits per heavy atom. The van der Waals surface area contributed by atoms with Gasteiger partial charge >= 0.3 is 0 Å². The number of anilines is 1. The molecule has 0 aromatic carbocycles. The summed E-state index contributed by atoms with van der Waals surface area (Å²) in [6.07, 6.45) is 2.78. The van der Waals surface area contributed by atoms with E-state index in [1.807, 2.05) is 0 Å². The molecule has 5 heteroatoms. The standard InChI is InChI=1S/C12H18N4S/c1-4-9-5-10(11(13)17-9)12-15-14-7-16(12)6-8(2)3/h5,7-8H,4,6,13H2,1-3H3. The molecule has 0 amide bonds. The van der Waals surface area contributed by atoms with E-state index in [-0.39, 0.29) is 0 Å². The summed E-state index contributed by atoms with van der Waals surface area (Å²) in [5.41, 5.74) is 7.06. The molecule has 0 radical (unpaired) electrons. The monoisotopic (exact) mass is 250 g/mol. The largest absolute Gasteiger partial charge is 0.390 e. The lowest BCUT2D eigenvalue weighted by Gasteiger charge is -2.08. The maximum Gasteiger partial charge on any atom is 0.166 e. The number of aryl methyl sites for hydroxylation is 1. The van der Waals surface area contributed by atoms with Crippen LogP contribution in [0.3, 0.4) is 0 Å². The summed E-state index contributed by atoms with van der Waals surface area (Å²) < 4.78 is 2.07. The van der Waals surface area contributed by atoms with E-state index in [0.29, 0.717) is 5.92 Å². The molecule has 0 aliphatic heterocycles. The highest BCUT2D eigenvalue weighted by Crippen LogP contribution is 2.33. The number of nitrogen functional groups attached to an aromatic ring is 1. The fourth-order valence-corrected chi connectivity index (χ4v) is 2.66. The summed E-state index contributed by atoms with van der Waals surface area (Å²) in [6.45, 7) is 7.41. The van der Waals surface area contributed by atoms with Crippen LogP contribution in [0.15, 0.2) is 12.4 Å². The second-order valence-corrected chi connectivity index (χ2v) is 5.71. The predicted molar refractivity (Wildman–Crippen MR) is 72.0 cm³/mol. The van der Waals surface area contributed by atoms with Crippen molar-refractivity contribution >= 4 is 16.3 Å². The molecule has 0 aliphatic rings. The molecule has 2 aromatic heterocycles. The van der Waals surface area contributed by atoms with Crippen molar-refractivity contribution in [2.75, 3.05) is 5.73 Å². The minimum atomic E-state index is 0.565. The van der Waals surface area contributed by atoms with E-state index in [1.165, 1.54) is 4.88 Å². The maximum atomic E-state index is 6.05. The molecule has 0 saturated heterocycles. The van der Waals surface area contributed by atoms with Crippen molar-refractivity contribution in [3.05, 3.63) is 17.3 Å². The highest BCUT2D eigenvalue weighted by atomic mass is 32.1. The van der Waals surface area contributed by atoms with Crippen molar-refractivity contribution in [3.63, 3.8) is 0 Å². The van der Waals surface area contributed by atoms with E-state index >= 15 is 0 Å². The second kappa shape index (κ2) is 4.87. The molecule has 2 aromatic rings. The second-order valence-electron chi connectivity index (χ2n) is 4.54. The topological polar surface area (TPSA) is 56.7 Å². The molecule has 0 fully saturated rings. The Kier molecular flexibility index (Phi) is 3.47. The molecule has 2 N–H and O–H groups in total. The van der Waals surface area contributed by atoms with Crippen LogP contribution in [-0.4, -0.2) is 14.8 Å². The highest BCUT2D eigenvalue weighted by Gasteiger charge is 2.14. The lowest BCUT2D eigenvalue weighted by Crippen LogP contribution is -2.05. The fraction of sp³-hybridized carbons (Fsp3) is 0.500. The van der Waals surface area contributed by atoms with Gasteiger partial charge in [0, 0.05) is 11.4 Å². The number of hydrogen-bond acceptors (Lipinski definition) is 4. The molecule has 17 heavy (non-hydrogen) atoms. The minimum Gasteiger partial charge on any atom is -0.390 e. The van der Waals surface area contributed by atoms with E-state index in [9.17, 15) is 0 Å². The number of thiophene rings is 1. The van der Waals surface area contributed by atoms with Crippen molar-refractivity contribution < 1.29 is 0 Å². The molecular weight excluding hydrogens is 232 g/mol. The zero-order valence-corrected chi connectivity index (χ0v) is 11.3.